The molecule has 1 atom stereocenters. The van der Waals surface area contributed by atoms with Gasteiger partial charge >= 0.3 is 5.97 Å². The highest BCUT2D eigenvalue weighted by Gasteiger charge is 2.26. The highest BCUT2D eigenvalue weighted by atomic mass is 16.6. The minimum atomic E-state index is -0.587. The molecule has 0 radical (unpaired) electrons. The monoisotopic (exact) mass is 222 g/mol. The van der Waals surface area contributed by atoms with Gasteiger partial charge in [-0.15, -0.1) is 0 Å². The number of esters is 1. The fourth-order valence-corrected chi connectivity index (χ4v) is 1.55. The Kier molecular flexibility index (Phi) is 2.85. The molecule has 0 aliphatic carbocycles. The zero-order valence-corrected chi connectivity index (χ0v) is 9.03. The molecular formula is C11H14N2O3. The van der Waals surface area contributed by atoms with E-state index in [1.54, 1.807) is 25.1 Å². The third-order valence-electron chi connectivity index (χ3n) is 2.30. The van der Waals surface area contributed by atoms with Crippen LogP contribution in [-0.4, -0.2) is 25.2 Å². The Morgan fingerprint density at radius 2 is 2.50 bits per heavy atom. The summed E-state index contributed by atoms with van der Waals surface area (Å²) in [5, 5.41) is 3.09. The average molecular weight is 222 g/mol. The van der Waals surface area contributed by atoms with Gasteiger partial charge in [0.05, 0.1) is 18.8 Å². The third kappa shape index (κ3) is 2.03. The second-order valence-electron chi connectivity index (χ2n) is 3.50. The summed E-state index contributed by atoms with van der Waals surface area (Å²) >= 11 is 0. The van der Waals surface area contributed by atoms with Crippen molar-refractivity contribution in [2.75, 3.05) is 24.2 Å². The van der Waals surface area contributed by atoms with Gasteiger partial charge in [-0.05, 0) is 25.1 Å². The average Bonchev–Trinajstić information content (AvgIpc) is 2.28. The Morgan fingerprint density at radius 3 is 3.25 bits per heavy atom. The van der Waals surface area contributed by atoms with Crippen molar-refractivity contribution in [3.05, 3.63) is 18.2 Å². The first-order chi connectivity index (χ1) is 7.70. The maximum Gasteiger partial charge on any atom is 0.349 e. The lowest BCUT2D eigenvalue weighted by molar-refractivity contribution is -0.150. The fraction of sp³-hybridized carbons (Fsp3) is 0.364. The lowest BCUT2D eigenvalue weighted by Crippen LogP contribution is -2.38. The number of fused-ring (bicyclic) bond motifs is 1. The van der Waals surface area contributed by atoms with E-state index in [1.165, 1.54) is 0 Å². The molecule has 0 spiro atoms. The first-order valence-electron chi connectivity index (χ1n) is 5.17. The van der Waals surface area contributed by atoms with E-state index in [1.807, 2.05) is 0 Å². The standard InChI is InChI=1S/C11H14N2O3/c1-2-15-11(14)10-6-13-8-5-7(12)3-4-9(8)16-10/h3-5,10,13H,2,6,12H2,1H3. The Bertz CT molecular complexity index is 406. The number of nitrogens with one attached hydrogen (secondary N) is 1. The van der Waals surface area contributed by atoms with Gasteiger partial charge in [0, 0.05) is 5.69 Å². The van der Waals surface area contributed by atoms with Crippen molar-refractivity contribution in [3.63, 3.8) is 0 Å². The second kappa shape index (κ2) is 4.30. The number of benzene rings is 1. The Morgan fingerprint density at radius 1 is 1.69 bits per heavy atom. The van der Waals surface area contributed by atoms with Crippen LogP contribution >= 0.6 is 0 Å². The van der Waals surface area contributed by atoms with Crippen LogP contribution in [0.2, 0.25) is 0 Å². The van der Waals surface area contributed by atoms with Crippen molar-refractivity contribution in [2.24, 2.45) is 0 Å². The van der Waals surface area contributed by atoms with Crippen LogP contribution in [-0.2, 0) is 9.53 Å². The summed E-state index contributed by atoms with van der Waals surface area (Å²) in [6, 6.07) is 5.24. The minimum Gasteiger partial charge on any atom is -0.475 e. The van der Waals surface area contributed by atoms with Gasteiger partial charge in [0.2, 0.25) is 6.10 Å². The number of carbonyl (C=O) groups is 1. The second-order valence-corrected chi connectivity index (χ2v) is 3.50. The molecule has 1 heterocycles. The highest BCUT2D eigenvalue weighted by Crippen LogP contribution is 2.30. The SMILES string of the molecule is CCOC(=O)C1CNc2cc(N)ccc2O1. The van der Waals surface area contributed by atoms with Crippen LogP contribution in [0.15, 0.2) is 18.2 Å². The Balaban J connectivity index is 2.12. The predicted octanol–water partition coefficient (Wildman–Crippen LogP) is 1.00. The molecule has 0 saturated carbocycles. The molecule has 2 rings (SSSR count). The van der Waals surface area contributed by atoms with E-state index >= 15 is 0 Å². The largest absolute Gasteiger partial charge is 0.475 e. The Labute approximate surface area is 93.5 Å². The van der Waals surface area contributed by atoms with Crippen LogP contribution < -0.4 is 15.8 Å². The molecule has 0 amide bonds. The van der Waals surface area contributed by atoms with Crippen molar-refractivity contribution < 1.29 is 14.3 Å². The van der Waals surface area contributed by atoms with Crippen molar-refractivity contribution in [2.45, 2.75) is 13.0 Å². The molecule has 5 nitrogen and oxygen atoms in total. The molecule has 1 aromatic carbocycles. The van der Waals surface area contributed by atoms with Crippen LogP contribution in [0.5, 0.6) is 5.75 Å². The van der Waals surface area contributed by atoms with Gasteiger partial charge in [-0.1, -0.05) is 0 Å². The number of rotatable bonds is 2. The van der Waals surface area contributed by atoms with E-state index in [0.717, 1.165) is 5.69 Å². The number of nitrogen functional groups attached to an aromatic ring is 1. The molecule has 16 heavy (non-hydrogen) atoms. The molecule has 1 unspecified atom stereocenters. The highest BCUT2D eigenvalue weighted by molar-refractivity contribution is 5.78. The summed E-state index contributed by atoms with van der Waals surface area (Å²) < 4.78 is 10.4. The van der Waals surface area contributed by atoms with Crippen LogP contribution in [0, 0.1) is 0 Å². The third-order valence-corrected chi connectivity index (χ3v) is 2.30. The maximum absolute atomic E-state index is 11.5. The molecule has 5 heteroatoms. The lowest BCUT2D eigenvalue weighted by atomic mass is 10.2. The zero-order valence-electron chi connectivity index (χ0n) is 9.03. The molecule has 3 N–H and O–H groups in total. The van der Waals surface area contributed by atoms with Crippen molar-refractivity contribution >= 4 is 17.3 Å². The number of ether oxygens (including phenoxy) is 2. The predicted molar refractivity (Wildman–Crippen MR) is 60.4 cm³/mol. The van der Waals surface area contributed by atoms with Gasteiger partial charge in [-0.2, -0.15) is 0 Å². The normalized spacial score (nSPS) is 17.9. The van der Waals surface area contributed by atoms with Gasteiger partial charge in [0.15, 0.2) is 0 Å². The number of hydrogen-bond acceptors (Lipinski definition) is 5. The first kappa shape index (κ1) is 10.6. The molecule has 0 fully saturated rings. The first-order valence-corrected chi connectivity index (χ1v) is 5.17. The molecule has 0 saturated heterocycles. The zero-order chi connectivity index (χ0) is 11.5. The summed E-state index contributed by atoms with van der Waals surface area (Å²) in [6.45, 7) is 2.52. The summed E-state index contributed by atoms with van der Waals surface area (Å²) in [5.41, 5.74) is 7.10. The van der Waals surface area contributed by atoms with E-state index in [0.29, 0.717) is 24.6 Å². The lowest BCUT2D eigenvalue weighted by Gasteiger charge is -2.25. The molecule has 86 valence electrons. The molecule has 1 aliphatic rings. The Hall–Kier alpha value is -1.91. The van der Waals surface area contributed by atoms with Crippen molar-refractivity contribution in [3.8, 4) is 5.75 Å². The molecular weight excluding hydrogens is 208 g/mol. The topological polar surface area (TPSA) is 73.6 Å². The van der Waals surface area contributed by atoms with E-state index in [2.05, 4.69) is 5.32 Å². The summed E-state index contributed by atoms with van der Waals surface area (Å²) in [4.78, 5) is 11.5. The number of anilines is 2. The van der Waals surface area contributed by atoms with Crippen LogP contribution in [0.1, 0.15) is 6.92 Å². The van der Waals surface area contributed by atoms with Crippen molar-refractivity contribution in [1.29, 1.82) is 0 Å². The quantitative estimate of drug-likeness (QED) is 0.577. The maximum atomic E-state index is 11.5. The van der Waals surface area contributed by atoms with E-state index in [4.69, 9.17) is 15.2 Å². The minimum absolute atomic E-state index is 0.350. The number of hydrogen-bond donors (Lipinski definition) is 2. The smallest absolute Gasteiger partial charge is 0.349 e. The van der Waals surface area contributed by atoms with Crippen LogP contribution in [0.3, 0.4) is 0 Å². The van der Waals surface area contributed by atoms with E-state index < -0.39 is 6.10 Å². The van der Waals surface area contributed by atoms with E-state index in [9.17, 15) is 4.79 Å². The van der Waals surface area contributed by atoms with Gasteiger partial charge in [-0.3, -0.25) is 0 Å². The van der Waals surface area contributed by atoms with Gasteiger partial charge in [0.25, 0.3) is 0 Å². The fourth-order valence-electron chi connectivity index (χ4n) is 1.55. The van der Waals surface area contributed by atoms with Crippen molar-refractivity contribution in [1.82, 2.24) is 0 Å². The van der Waals surface area contributed by atoms with Gasteiger partial charge in [-0.25, -0.2) is 4.79 Å². The summed E-state index contributed by atoms with van der Waals surface area (Å²) in [6.07, 6.45) is -0.587. The van der Waals surface area contributed by atoms with Crippen LogP contribution in [0.25, 0.3) is 0 Å². The number of carbonyl (C=O) groups excluding carboxylic acids is 1. The van der Waals surface area contributed by atoms with Crippen LogP contribution in [0.4, 0.5) is 11.4 Å². The number of nitrogens with two attached hydrogens (primary N) is 1. The summed E-state index contributed by atoms with van der Waals surface area (Å²) in [5.74, 6) is 0.274. The van der Waals surface area contributed by atoms with E-state index in [-0.39, 0.29) is 5.97 Å². The molecule has 1 aromatic rings. The van der Waals surface area contributed by atoms with Gasteiger partial charge in [0.1, 0.15) is 5.75 Å². The molecule has 0 aromatic heterocycles. The van der Waals surface area contributed by atoms with Gasteiger partial charge < -0.3 is 20.5 Å². The summed E-state index contributed by atoms with van der Waals surface area (Å²) in [7, 11) is 0. The molecule has 1 aliphatic heterocycles. The molecule has 0 bridgehead atoms.